The molecule has 1 heterocycles. The van der Waals surface area contributed by atoms with Gasteiger partial charge in [0.15, 0.2) is 12.4 Å². The Morgan fingerprint density at radius 2 is 2.10 bits per heavy atom. The summed E-state index contributed by atoms with van der Waals surface area (Å²) < 4.78 is 5.34. The van der Waals surface area contributed by atoms with Crippen molar-refractivity contribution in [3.8, 4) is 5.75 Å². The summed E-state index contributed by atoms with van der Waals surface area (Å²) in [6.07, 6.45) is 8.27. The highest BCUT2D eigenvalue weighted by Crippen LogP contribution is 2.22. The smallest absolute Gasteiger partial charge is 0.339 e. The van der Waals surface area contributed by atoms with Crippen molar-refractivity contribution < 1.29 is 19.4 Å². The predicted octanol–water partition coefficient (Wildman–Crippen LogP) is 1.95. The first-order chi connectivity index (χ1) is 10.1. The topological polar surface area (TPSA) is 79.7 Å². The average Bonchev–Trinajstić information content (AvgIpc) is 2.52. The van der Waals surface area contributed by atoms with Crippen molar-refractivity contribution >= 4 is 11.9 Å². The highest BCUT2D eigenvalue weighted by molar-refractivity contribution is 5.90. The van der Waals surface area contributed by atoms with Crippen molar-refractivity contribution in [3.05, 3.63) is 24.0 Å². The van der Waals surface area contributed by atoms with E-state index in [1.807, 2.05) is 0 Å². The van der Waals surface area contributed by atoms with Crippen LogP contribution in [0.25, 0.3) is 0 Å². The Bertz CT molecular complexity index is 512. The second kappa shape index (κ2) is 7.06. The van der Waals surface area contributed by atoms with Gasteiger partial charge in [0, 0.05) is 19.3 Å². The van der Waals surface area contributed by atoms with Crippen molar-refractivity contribution in [2.45, 2.75) is 38.1 Å². The number of hydrogen-bond acceptors (Lipinski definition) is 4. The monoisotopic (exact) mass is 292 g/mol. The molecular weight excluding hydrogens is 272 g/mol. The molecule has 0 radical (unpaired) electrons. The Labute approximate surface area is 123 Å². The maximum atomic E-state index is 12.1. The van der Waals surface area contributed by atoms with Crippen LogP contribution in [0.2, 0.25) is 0 Å². The number of aromatic carboxylic acids is 1. The number of carboxylic acids is 1. The van der Waals surface area contributed by atoms with Crippen LogP contribution in [0.5, 0.6) is 5.75 Å². The minimum atomic E-state index is -1.10. The zero-order valence-corrected chi connectivity index (χ0v) is 12.1. The Morgan fingerprint density at radius 3 is 2.76 bits per heavy atom. The van der Waals surface area contributed by atoms with Crippen LogP contribution in [0.3, 0.4) is 0 Å². The van der Waals surface area contributed by atoms with Gasteiger partial charge in [-0.1, -0.05) is 19.3 Å². The van der Waals surface area contributed by atoms with Gasteiger partial charge in [0.2, 0.25) is 0 Å². The highest BCUT2D eigenvalue weighted by atomic mass is 16.5. The quantitative estimate of drug-likeness (QED) is 0.897. The van der Waals surface area contributed by atoms with E-state index in [2.05, 4.69) is 4.98 Å². The number of carbonyl (C=O) groups excluding carboxylic acids is 1. The molecule has 0 aromatic carbocycles. The molecule has 0 bridgehead atoms. The number of nitrogens with zero attached hydrogens (tertiary/aromatic N) is 2. The van der Waals surface area contributed by atoms with E-state index >= 15 is 0 Å². The molecule has 1 N–H and O–H groups in total. The number of carboxylic acid groups (broad SMARTS) is 1. The van der Waals surface area contributed by atoms with E-state index in [4.69, 9.17) is 9.84 Å². The van der Waals surface area contributed by atoms with Crippen LogP contribution in [-0.2, 0) is 4.79 Å². The second-order valence-corrected chi connectivity index (χ2v) is 5.26. The van der Waals surface area contributed by atoms with Gasteiger partial charge >= 0.3 is 5.97 Å². The highest BCUT2D eigenvalue weighted by Gasteiger charge is 2.22. The molecule has 0 spiro atoms. The first kappa shape index (κ1) is 15.3. The standard InChI is InChI=1S/C15H20N2O4/c1-17(11-5-3-2-4-6-11)14(18)10-21-13-9-16-8-7-12(13)15(19)20/h7-9,11H,2-6,10H2,1H3,(H,19,20). The van der Waals surface area contributed by atoms with Gasteiger partial charge in [-0.3, -0.25) is 9.78 Å². The van der Waals surface area contributed by atoms with E-state index in [9.17, 15) is 9.59 Å². The van der Waals surface area contributed by atoms with Crippen molar-refractivity contribution in [2.24, 2.45) is 0 Å². The number of aromatic nitrogens is 1. The third kappa shape index (κ3) is 3.93. The number of ether oxygens (including phenoxy) is 1. The molecular formula is C15H20N2O4. The van der Waals surface area contributed by atoms with Crippen molar-refractivity contribution in [2.75, 3.05) is 13.7 Å². The zero-order valence-electron chi connectivity index (χ0n) is 12.1. The lowest BCUT2D eigenvalue weighted by Crippen LogP contribution is -2.40. The zero-order chi connectivity index (χ0) is 15.2. The molecule has 1 amide bonds. The summed E-state index contributed by atoms with van der Waals surface area (Å²) in [4.78, 5) is 28.7. The molecule has 0 unspecified atom stereocenters. The average molecular weight is 292 g/mol. The van der Waals surface area contributed by atoms with Crippen LogP contribution in [-0.4, -0.2) is 46.6 Å². The van der Waals surface area contributed by atoms with Crippen LogP contribution in [0.15, 0.2) is 18.5 Å². The van der Waals surface area contributed by atoms with Gasteiger partial charge < -0.3 is 14.7 Å². The lowest BCUT2D eigenvalue weighted by atomic mass is 9.94. The molecule has 114 valence electrons. The summed E-state index contributed by atoms with van der Waals surface area (Å²) in [5.74, 6) is -1.11. The van der Waals surface area contributed by atoms with E-state index in [-0.39, 0.29) is 29.9 Å². The van der Waals surface area contributed by atoms with Crippen molar-refractivity contribution in [3.63, 3.8) is 0 Å². The molecule has 0 atom stereocenters. The van der Waals surface area contributed by atoms with Gasteiger partial charge in [-0.25, -0.2) is 4.79 Å². The van der Waals surface area contributed by atoms with Gasteiger partial charge in [0.1, 0.15) is 5.56 Å². The minimum Gasteiger partial charge on any atom is -0.481 e. The Morgan fingerprint density at radius 1 is 1.38 bits per heavy atom. The molecule has 0 aliphatic heterocycles. The van der Waals surface area contributed by atoms with E-state index in [0.29, 0.717) is 0 Å². The number of amides is 1. The summed E-state index contributed by atoms with van der Waals surface area (Å²) in [6, 6.07) is 1.62. The van der Waals surface area contributed by atoms with Gasteiger partial charge in [-0.15, -0.1) is 0 Å². The van der Waals surface area contributed by atoms with Crippen LogP contribution in [0.1, 0.15) is 42.5 Å². The summed E-state index contributed by atoms with van der Waals surface area (Å²) in [5, 5.41) is 9.04. The fraction of sp³-hybridized carbons (Fsp3) is 0.533. The molecule has 0 saturated heterocycles. The number of pyridine rings is 1. The molecule has 1 saturated carbocycles. The van der Waals surface area contributed by atoms with Crippen LogP contribution >= 0.6 is 0 Å². The second-order valence-electron chi connectivity index (χ2n) is 5.26. The molecule has 1 aliphatic carbocycles. The third-order valence-corrected chi connectivity index (χ3v) is 3.88. The van der Waals surface area contributed by atoms with Crippen LogP contribution < -0.4 is 4.74 Å². The van der Waals surface area contributed by atoms with E-state index in [1.54, 1.807) is 11.9 Å². The fourth-order valence-electron chi connectivity index (χ4n) is 2.58. The summed E-state index contributed by atoms with van der Waals surface area (Å²) in [6.45, 7) is -0.168. The van der Waals surface area contributed by atoms with Gasteiger partial charge in [-0.2, -0.15) is 0 Å². The van der Waals surface area contributed by atoms with Crippen molar-refractivity contribution in [1.29, 1.82) is 0 Å². The lowest BCUT2D eigenvalue weighted by molar-refractivity contribution is -0.134. The number of likely N-dealkylation sites (N-methyl/N-ethyl adjacent to an activating group) is 1. The maximum absolute atomic E-state index is 12.1. The Kier molecular flexibility index (Phi) is 5.14. The van der Waals surface area contributed by atoms with Crippen LogP contribution in [0.4, 0.5) is 0 Å². The van der Waals surface area contributed by atoms with Crippen LogP contribution in [0, 0.1) is 0 Å². The van der Waals surface area contributed by atoms with Gasteiger partial charge in [0.05, 0.1) is 6.20 Å². The molecule has 1 aromatic rings. The van der Waals surface area contributed by atoms with E-state index < -0.39 is 5.97 Å². The SMILES string of the molecule is CN(C(=O)COc1cnccc1C(=O)O)C1CCCCC1. The molecule has 6 nitrogen and oxygen atoms in total. The number of rotatable bonds is 5. The fourth-order valence-corrected chi connectivity index (χ4v) is 2.58. The number of carbonyl (C=O) groups is 2. The van der Waals surface area contributed by atoms with Gasteiger partial charge in [-0.05, 0) is 18.9 Å². The molecule has 21 heavy (non-hydrogen) atoms. The molecule has 1 aliphatic rings. The maximum Gasteiger partial charge on any atom is 0.339 e. The minimum absolute atomic E-state index is 0.0121. The lowest BCUT2D eigenvalue weighted by Gasteiger charge is -2.31. The van der Waals surface area contributed by atoms with E-state index in [1.165, 1.54) is 24.9 Å². The molecule has 2 rings (SSSR count). The predicted molar refractivity (Wildman–Crippen MR) is 76.3 cm³/mol. The van der Waals surface area contributed by atoms with E-state index in [0.717, 1.165) is 25.7 Å². The van der Waals surface area contributed by atoms with Crippen molar-refractivity contribution in [1.82, 2.24) is 9.88 Å². The van der Waals surface area contributed by atoms with Gasteiger partial charge in [0.25, 0.3) is 5.91 Å². The third-order valence-electron chi connectivity index (χ3n) is 3.88. The first-order valence-electron chi connectivity index (χ1n) is 7.15. The largest absolute Gasteiger partial charge is 0.481 e. The summed E-state index contributed by atoms with van der Waals surface area (Å²) in [7, 11) is 1.78. The first-order valence-corrected chi connectivity index (χ1v) is 7.15. The Hall–Kier alpha value is -2.11. The molecule has 6 heteroatoms. The molecule has 1 fully saturated rings. The Balaban J connectivity index is 1.93. The molecule has 1 aromatic heterocycles. The number of hydrogen-bond donors (Lipinski definition) is 1. The summed E-state index contributed by atoms with van der Waals surface area (Å²) >= 11 is 0. The summed E-state index contributed by atoms with van der Waals surface area (Å²) in [5.41, 5.74) is 0.0121. The normalized spacial score (nSPS) is 15.5.